The van der Waals surface area contributed by atoms with Crippen LogP contribution in [0.3, 0.4) is 0 Å². The highest BCUT2D eigenvalue weighted by Crippen LogP contribution is 2.29. The highest BCUT2D eigenvalue weighted by atomic mass is 16.5. The van der Waals surface area contributed by atoms with Gasteiger partial charge in [0.05, 0.1) is 30.9 Å². The highest BCUT2D eigenvalue weighted by molar-refractivity contribution is 5.99. The zero-order chi connectivity index (χ0) is 17.3. The van der Waals surface area contributed by atoms with Crippen molar-refractivity contribution in [2.75, 3.05) is 52.5 Å². The van der Waals surface area contributed by atoms with Gasteiger partial charge in [0, 0.05) is 31.7 Å². The maximum Gasteiger partial charge on any atom is 0.253 e. The van der Waals surface area contributed by atoms with Crippen LogP contribution < -0.4 is 4.74 Å². The number of hydrogen-bond acceptors (Lipinski definition) is 5. The number of morpholine rings is 1. The van der Waals surface area contributed by atoms with Gasteiger partial charge in [-0.15, -0.1) is 0 Å². The van der Waals surface area contributed by atoms with Crippen molar-refractivity contribution >= 4 is 12.0 Å². The van der Waals surface area contributed by atoms with E-state index < -0.39 is 5.60 Å². The molecule has 2 saturated heterocycles. The van der Waals surface area contributed by atoms with Gasteiger partial charge in [-0.1, -0.05) is 18.2 Å². The average molecular weight is 344 g/mol. The van der Waals surface area contributed by atoms with Gasteiger partial charge in [0.25, 0.3) is 5.91 Å². The van der Waals surface area contributed by atoms with Crippen LogP contribution in [-0.4, -0.2) is 79.0 Å². The van der Waals surface area contributed by atoms with E-state index in [9.17, 15) is 9.90 Å². The fourth-order valence-electron chi connectivity index (χ4n) is 3.78. The molecule has 3 heterocycles. The summed E-state index contributed by atoms with van der Waals surface area (Å²) in [5.74, 6) is 0.775. The molecule has 25 heavy (non-hydrogen) atoms. The van der Waals surface area contributed by atoms with Gasteiger partial charge in [0.2, 0.25) is 0 Å². The Balaban J connectivity index is 1.41. The highest BCUT2D eigenvalue weighted by Gasteiger charge is 2.40. The Labute approximate surface area is 147 Å². The second-order valence-corrected chi connectivity index (χ2v) is 7.09. The van der Waals surface area contributed by atoms with Gasteiger partial charge in [-0.2, -0.15) is 0 Å². The van der Waals surface area contributed by atoms with E-state index in [4.69, 9.17) is 9.47 Å². The van der Waals surface area contributed by atoms with Crippen LogP contribution in [0.25, 0.3) is 6.08 Å². The quantitative estimate of drug-likeness (QED) is 0.877. The van der Waals surface area contributed by atoms with E-state index in [0.717, 1.165) is 24.4 Å². The summed E-state index contributed by atoms with van der Waals surface area (Å²) >= 11 is 0. The van der Waals surface area contributed by atoms with Crippen LogP contribution in [0.15, 0.2) is 29.8 Å². The maximum atomic E-state index is 12.8. The summed E-state index contributed by atoms with van der Waals surface area (Å²) in [6.07, 6.45) is 2.52. The number of rotatable bonds is 3. The third-order valence-corrected chi connectivity index (χ3v) is 5.15. The molecule has 0 aliphatic carbocycles. The Morgan fingerprint density at radius 1 is 1.20 bits per heavy atom. The van der Waals surface area contributed by atoms with Crippen molar-refractivity contribution in [3.63, 3.8) is 0 Å². The molecule has 2 fully saturated rings. The molecule has 0 bridgehead atoms. The molecular weight excluding hydrogens is 320 g/mol. The van der Waals surface area contributed by atoms with Crippen molar-refractivity contribution in [2.24, 2.45) is 0 Å². The van der Waals surface area contributed by atoms with Gasteiger partial charge < -0.3 is 19.5 Å². The SMILES string of the molecule is O=C(C1=Cc2ccccc2OC1)N1CC[C@](O)(CN2CCOCC2)C1. The summed E-state index contributed by atoms with van der Waals surface area (Å²) in [4.78, 5) is 16.8. The van der Waals surface area contributed by atoms with E-state index in [0.29, 0.717) is 44.8 Å². The van der Waals surface area contributed by atoms with Crippen LogP contribution in [0.4, 0.5) is 0 Å². The van der Waals surface area contributed by atoms with E-state index in [2.05, 4.69) is 4.90 Å². The number of likely N-dealkylation sites (tertiary alicyclic amines) is 1. The summed E-state index contributed by atoms with van der Waals surface area (Å²) in [6, 6.07) is 7.71. The van der Waals surface area contributed by atoms with Crippen LogP contribution >= 0.6 is 0 Å². The van der Waals surface area contributed by atoms with Crippen LogP contribution in [0.1, 0.15) is 12.0 Å². The van der Waals surface area contributed by atoms with Crippen molar-refractivity contribution in [1.29, 1.82) is 0 Å². The molecule has 1 atom stereocenters. The topological polar surface area (TPSA) is 62.2 Å². The van der Waals surface area contributed by atoms with Crippen molar-refractivity contribution in [1.82, 2.24) is 9.80 Å². The summed E-state index contributed by atoms with van der Waals surface area (Å²) in [5, 5.41) is 10.9. The lowest BCUT2D eigenvalue weighted by molar-refractivity contribution is -0.127. The second kappa shape index (κ2) is 6.78. The Kier molecular flexibility index (Phi) is 4.50. The van der Waals surface area contributed by atoms with Gasteiger partial charge in [-0.05, 0) is 18.6 Å². The van der Waals surface area contributed by atoms with Gasteiger partial charge >= 0.3 is 0 Å². The number of para-hydroxylation sites is 1. The first-order valence-electron chi connectivity index (χ1n) is 8.87. The van der Waals surface area contributed by atoms with Crippen LogP contribution in [0, 0.1) is 0 Å². The first-order valence-corrected chi connectivity index (χ1v) is 8.87. The normalized spacial score (nSPS) is 26.8. The number of amides is 1. The predicted molar refractivity (Wildman–Crippen MR) is 93.3 cm³/mol. The van der Waals surface area contributed by atoms with Crippen molar-refractivity contribution < 1.29 is 19.4 Å². The van der Waals surface area contributed by atoms with Crippen LogP contribution in [-0.2, 0) is 9.53 Å². The Hall–Kier alpha value is -1.89. The molecule has 3 aliphatic rings. The number of ether oxygens (including phenoxy) is 2. The first-order chi connectivity index (χ1) is 12.1. The Bertz CT molecular complexity index is 684. The minimum absolute atomic E-state index is 0.0348. The van der Waals surface area contributed by atoms with Gasteiger partial charge in [-0.3, -0.25) is 9.69 Å². The molecule has 0 aromatic heterocycles. The standard InChI is InChI=1S/C19H24N2O4/c22-18(16-11-15-3-1-2-4-17(15)25-12-16)21-6-5-19(23,14-21)13-20-7-9-24-10-8-20/h1-4,11,23H,5-10,12-14H2/t19-/m0/s1. The summed E-state index contributed by atoms with van der Waals surface area (Å²) < 4.78 is 11.0. The minimum atomic E-state index is -0.832. The monoisotopic (exact) mass is 344 g/mol. The summed E-state index contributed by atoms with van der Waals surface area (Å²) in [5.41, 5.74) is 0.746. The molecule has 0 saturated carbocycles. The van der Waals surface area contributed by atoms with E-state index in [1.807, 2.05) is 30.3 Å². The second-order valence-electron chi connectivity index (χ2n) is 7.09. The summed E-state index contributed by atoms with van der Waals surface area (Å²) in [7, 11) is 0. The largest absolute Gasteiger partial charge is 0.488 e. The molecule has 1 aromatic rings. The van der Waals surface area contributed by atoms with E-state index in [-0.39, 0.29) is 12.5 Å². The molecule has 3 aliphatic heterocycles. The van der Waals surface area contributed by atoms with E-state index in [1.165, 1.54) is 0 Å². The van der Waals surface area contributed by atoms with Crippen molar-refractivity contribution in [3.8, 4) is 5.75 Å². The Morgan fingerprint density at radius 2 is 2.00 bits per heavy atom. The number of aliphatic hydroxyl groups is 1. The lowest BCUT2D eigenvalue weighted by Gasteiger charge is -2.33. The number of β-amino-alcohol motifs (C(OH)–C–C–N with tert-alkyl or cyclic N) is 1. The minimum Gasteiger partial charge on any atom is -0.488 e. The predicted octanol–water partition coefficient (Wildman–Crippen LogP) is 0.758. The van der Waals surface area contributed by atoms with Gasteiger partial charge in [0.15, 0.2) is 0 Å². The molecule has 0 radical (unpaired) electrons. The van der Waals surface area contributed by atoms with E-state index >= 15 is 0 Å². The molecule has 0 spiro atoms. The van der Waals surface area contributed by atoms with E-state index in [1.54, 1.807) is 4.90 Å². The number of nitrogens with zero attached hydrogens (tertiary/aromatic N) is 2. The molecule has 134 valence electrons. The zero-order valence-corrected chi connectivity index (χ0v) is 14.3. The maximum absolute atomic E-state index is 12.8. The van der Waals surface area contributed by atoms with Crippen molar-refractivity contribution in [2.45, 2.75) is 12.0 Å². The fourth-order valence-corrected chi connectivity index (χ4v) is 3.78. The van der Waals surface area contributed by atoms with Gasteiger partial charge in [-0.25, -0.2) is 0 Å². The Morgan fingerprint density at radius 3 is 2.84 bits per heavy atom. The van der Waals surface area contributed by atoms with Crippen LogP contribution in [0.5, 0.6) is 5.75 Å². The molecule has 1 N–H and O–H groups in total. The zero-order valence-electron chi connectivity index (χ0n) is 14.3. The van der Waals surface area contributed by atoms with Crippen LogP contribution in [0.2, 0.25) is 0 Å². The molecular formula is C19H24N2O4. The fraction of sp³-hybridized carbons (Fsp3) is 0.526. The summed E-state index contributed by atoms with van der Waals surface area (Å²) in [6.45, 7) is 4.94. The third-order valence-electron chi connectivity index (χ3n) is 5.15. The smallest absolute Gasteiger partial charge is 0.253 e. The number of fused-ring (bicyclic) bond motifs is 1. The lowest BCUT2D eigenvalue weighted by atomic mass is 10.0. The third kappa shape index (κ3) is 3.56. The lowest BCUT2D eigenvalue weighted by Crippen LogP contribution is -2.49. The molecule has 4 rings (SSSR count). The molecule has 6 heteroatoms. The molecule has 1 aromatic carbocycles. The van der Waals surface area contributed by atoms with Gasteiger partial charge in [0.1, 0.15) is 12.4 Å². The number of carbonyl (C=O) groups is 1. The molecule has 6 nitrogen and oxygen atoms in total. The number of hydrogen-bond donors (Lipinski definition) is 1. The molecule has 0 unspecified atom stereocenters. The number of carbonyl (C=O) groups excluding carboxylic acids is 1. The average Bonchev–Trinajstić information content (AvgIpc) is 3.03. The first kappa shape index (κ1) is 16.6. The number of benzene rings is 1. The molecule has 1 amide bonds. The van der Waals surface area contributed by atoms with Crippen molar-refractivity contribution in [3.05, 3.63) is 35.4 Å².